The Bertz CT molecular complexity index is 533. The number of esters is 2. The lowest BCUT2D eigenvalue weighted by Crippen LogP contribution is -2.50. The van der Waals surface area contributed by atoms with Crippen LogP contribution in [0.1, 0.15) is 37.0 Å². The van der Waals surface area contributed by atoms with Crippen LogP contribution in [-0.2, 0) is 19.1 Å². The second kappa shape index (κ2) is 9.58. The first-order chi connectivity index (χ1) is 11.0. The highest BCUT2D eigenvalue weighted by molar-refractivity contribution is 5.96. The lowest BCUT2D eigenvalue weighted by atomic mass is 10.1. The van der Waals surface area contributed by atoms with Crippen LogP contribution in [0, 0.1) is 0 Å². The number of hydrogen-bond acceptors (Lipinski definition) is 6. The smallest absolute Gasteiger partial charge is 0.330 e. The van der Waals surface area contributed by atoms with Gasteiger partial charge in [-0.1, -0.05) is 18.2 Å². The van der Waals surface area contributed by atoms with Crippen molar-refractivity contribution in [3.8, 4) is 0 Å². The molecule has 126 valence electrons. The van der Waals surface area contributed by atoms with Gasteiger partial charge in [-0.25, -0.2) is 10.6 Å². The standard InChI is InChI=1S/C16H22N2O5/c1-3-22-14(19)11-10-13(16(21)23-4-2)18(17)15(20)12-8-6-5-7-9-12/h5-9,13H,3-4,10-11,17H2,1-2H3/t13-/m0/s1. The van der Waals surface area contributed by atoms with Crippen LogP contribution >= 0.6 is 0 Å². The van der Waals surface area contributed by atoms with E-state index < -0.39 is 23.9 Å². The number of nitrogens with two attached hydrogens (primary N) is 1. The van der Waals surface area contributed by atoms with Crippen molar-refractivity contribution >= 4 is 17.8 Å². The largest absolute Gasteiger partial charge is 0.466 e. The molecule has 1 rings (SSSR count). The number of ether oxygens (including phenoxy) is 2. The summed E-state index contributed by atoms with van der Waals surface area (Å²) in [6.45, 7) is 3.75. The minimum atomic E-state index is -1.05. The molecule has 23 heavy (non-hydrogen) atoms. The number of hydrazine groups is 1. The molecule has 7 heteroatoms. The van der Waals surface area contributed by atoms with E-state index in [0.29, 0.717) is 5.56 Å². The van der Waals surface area contributed by atoms with Crippen LogP contribution in [0.5, 0.6) is 0 Å². The maximum absolute atomic E-state index is 12.3. The lowest BCUT2D eigenvalue weighted by Gasteiger charge is -2.25. The fourth-order valence-electron chi connectivity index (χ4n) is 1.97. The first kappa shape index (κ1) is 18.6. The van der Waals surface area contributed by atoms with Gasteiger partial charge in [0.1, 0.15) is 6.04 Å². The Morgan fingerprint density at radius 1 is 1.09 bits per heavy atom. The summed E-state index contributed by atoms with van der Waals surface area (Å²) in [6, 6.07) is 7.29. The molecule has 1 aromatic rings. The predicted octanol–water partition coefficient (Wildman–Crippen LogP) is 1.28. The van der Waals surface area contributed by atoms with Gasteiger partial charge in [-0.05, 0) is 32.4 Å². The topological polar surface area (TPSA) is 98.9 Å². The summed E-state index contributed by atoms with van der Waals surface area (Å²) in [4.78, 5) is 35.9. The Kier molecular flexibility index (Phi) is 7.76. The molecule has 0 saturated carbocycles. The third kappa shape index (κ3) is 5.71. The van der Waals surface area contributed by atoms with E-state index in [-0.39, 0.29) is 26.1 Å². The van der Waals surface area contributed by atoms with E-state index >= 15 is 0 Å². The molecule has 0 saturated heterocycles. The van der Waals surface area contributed by atoms with Crippen LogP contribution in [0.4, 0.5) is 0 Å². The van der Waals surface area contributed by atoms with Crippen LogP contribution < -0.4 is 5.84 Å². The number of amides is 1. The molecule has 0 fully saturated rings. The van der Waals surface area contributed by atoms with Crippen molar-refractivity contribution in [1.82, 2.24) is 5.01 Å². The second-order valence-corrected chi connectivity index (χ2v) is 4.69. The number of hydrogen-bond donors (Lipinski definition) is 1. The highest BCUT2D eigenvalue weighted by Crippen LogP contribution is 2.11. The molecule has 1 aromatic carbocycles. The fraction of sp³-hybridized carbons (Fsp3) is 0.438. The van der Waals surface area contributed by atoms with Gasteiger partial charge in [-0.2, -0.15) is 0 Å². The van der Waals surface area contributed by atoms with E-state index in [9.17, 15) is 14.4 Å². The number of carbonyl (C=O) groups excluding carboxylic acids is 3. The SMILES string of the molecule is CCOC(=O)CC[C@@H](C(=O)OCC)N(N)C(=O)c1ccccc1. The minimum Gasteiger partial charge on any atom is -0.466 e. The monoisotopic (exact) mass is 322 g/mol. The van der Waals surface area contributed by atoms with Crippen molar-refractivity contribution in [3.63, 3.8) is 0 Å². The van der Waals surface area contributed by atoms with Gasteiger partial charge in [-0.15, -0.1) is 0 Å². The molecule has 0 spiro atoms. The third-order valence-corrected chi connectivity index (χ3v) is 3.08. The Labute approximate surface area is 135 Å². The van der Waals surface area contributed by atoms with Gasteiger partial charge in [0, 0.05) is 12.0 Å². The van der Waals surface area contributed by atoms with Crippen molar-refractivity contribution in [2.75, 3.05) is 13.2 Å². The summed E-state index contributed by atoms with van der Waals surface area (Å²) in [6.07, 6.45) is -0.000168. The molecule has 0 aliphatic heterocycles. The first-order valence-corrected chi connectivity index (χ1v) is 7.46. The van der Waals surface area contributed by atoms with Gasteiger partial charge in [0.25, 0.3) is 5.91 Å². The number of benzene rings is 1. The highest BCUT2D eigenvalue weighted by atomic mass is 16.5. The Morgan fingerprint density at radius 2 is 1.70 bits per heavy atom. The summed E-state index contributed by atoms with van der Waals surface area (Å²) in [7, 11) is 0. The molecule has 0 aliphatic carbocycles. The normalized spacial score (nSPS) is 11.4. The second-order valence-electron chi connectivity index (χ2n) is 4.69. The molecule has 0 aliphatic rings. The van der Waals surface area contributed by atoms with E-state index in [1.54, 1.807) is 44.2 Å². The maximum atomic E-state index is 12.3. The van der Waals surface area contributed by atoms with E-state index in [1.807, 2.05) is 0 Å². The van der Waals surface area contributed by atoms with E-state index in [4.69, 9.17) is 15.3 Å². The average Bonchev–Trinajstić information content (AvgIpc) is 2.55. The molecule has 0 heterocycles. The van der Waals surface area contributed by atoms with Crippen LogP contribution in [0.2, 0.25) is 0 Å². The van der Waals surface area contributed by atoms with Gasteiger partial charge in [0.2, 0.25) is 0 Å². The molecule has 1 amide bonds. The van der Waals surface area contributed by atoms with Crippen molar-refractivity contribution in [2.24, 2.45) is 5.84 Å². The first-order valence-electron chi connectivity index (χ1n) is 7.46. The van der Waals surface area contributed by atoms with E-state index in [2.05, 4.69) is 0 Å². The maximum Gasteiger partial charge on any atom is 0.330 e. The fourth-order valence-corrected chi connectivity index (χ4v) is 1.97. The van der Waals surface area contributed by atoms with Gasteiger partial charge in [0.05, 0.1) is 13.2 Å². The zero-order valence-corrected chi connectivity index (χ0v) is 13.4. The summed E-state index contributed by atoms with van der Waals surface area (Å²) >= 11 is 0. The number of nitrogens with zero attached hydrogens (tertiary/aromatic N) is 1. The number of rotatable bonds is 8. The van der Waals surface area contributed by atoms with E-state index in [0.717, 1.165) is 5.01 Å². The Hall–Kier alpha value is -2.41. The molecule has 0 unspecified atom stereocenters. The lowest BCUT2D eigenvalue weighted by molar-refractivity contribution is -0.150. The number of carbonyl (C=O) groups is 3. The summed E-state index contributed by atoms with van der Waals surface area (Å²) in [5.74, 6) is 4.19. The van der Waals surface area contributed by atoms with Crippen LogP contribution in [0.3, 0.4) is 0 Å². The molecule has 1 atom stereocenters. The summed E-state index contributed by atoms with van der Waals surface area (Å²) < 4.78 is 9.76. The van der Waals surface area contributed by atoms with Crippen molar-refractivity contribution in [2.45, 2.75) is 32.7 Å². The van der Waals surface area contributed by atoms with Crippen molar-refractivity contribution in [1.29, 1.82) is 0 Å². The molecular formula is C16H22N2O5. The Morgan fingerprint density at radius 3 is 2.26 bits per heavy atom. The van der Waals surface area contributed by atoms with Crippen molar-refractivity contribution in [3.05, 3.63) is 35.9 Å². The zero-order valence-electron chi connectivity index (χ0n) is 13.4. The van der Waals surface area contributed by atoms with Crippen LogP contribution in [0.15, 0.2) is 30.3 Å². The molecule has 2 N–H and O–H groups in total. The van der Waals surface area contributed by atoms with E-state index in [1.165, 1.54) is 0 Å². The quantitative estimate of drug-likeness (QED) is 0.335. The summed E-state index contributed by atoms with van der Waals surface area (Å²) in [5, 5.41) is 0.812. The van der Waals surface area contributed by atoms with Gasteiger partial charge in [-0.3, -0.25) is 14.6 Å². The highest BCUT2D eigenvalue weighted by Gasteiger charge is 2.30. The third-order valence-electron chi connectivity index (χ3n) is 3.08. The summed E-state index contributed by atoms with van der Waals surface area (Å²) in [5.41, 5.74) is 0.348. The Balaban J connectivity index is 2.83. The average molecular weight is 322 g/mol. The van der Waals surface area contributed by atoms with Crippen molar-refractivity contribution < 1.29 is 23.9 Å². The molecule has 0 radical (unpaired) electrons. The van der Waals surface area contributed by atoms with Gasteiger partial charge < -0.3 is 9.47 Å². The van der Waals surface area contributed by atoms with Gasteiger partial charge in [0.15, 0.2) is 0 Å². The molecule has 0 aromatic heterocycles. The molecule has 0 bridgehead atoms. The zero-order chi connectivity index (χ0) is 17.2. The van der Waals surface area contributed by atoms with Crippen LogP contribution in [-0.4, -0.2) is 42.1 Å². The molecule has 7 nitrogen and oxygen atoms in total. The van der Waals surface area contributed by atoms with Crippen LogP contribution in [0.25, 0.3) is 0 Å². The van der Waals surface area contributed by atoms with Gasteiger partial charge >= 0.3 is 11.9 Å². The minimum absolute atomic E-state index is 0.0345. The predicted molar refractivity (Wildman–Crippen MR) is 83.1 cm³/mol. The molecular weight excluding hydrogens is 300 g/mol.